The van der Waals surface area contributed by atoms with Crippen LogP contribution in [0, 0.1) is 0 Å². The van der Waals surface area contributed by atoms with Crippen molar-refractivity contribution in [2.75, 3.05) is 7.11 Å². The fraction of sp³-hybridized carbons (Fsp3) is 0.429. The van der Waals surface area contributed by atoms with E-state index in [1.54, 1.807) is 7.11 Å². The summed E-state index contributed by atoms with van der Waals surface area (Å²) in [4.78, 5) is 3.93. The highest BCUT2D eigenvalue weighted by Crippen LogP contribution is 2.32. The number of ether oxygens (including phenoxy) is 2. The topological polar surface area (TPSA) is 83.4 Å². The summed E-state index contributed by atoms with van der Waals surface area (Å²) < 4.78 is 15.8. The lowest BCUT2D eigenvalue weighted by molar-refractivity contribution is 0.266. The van der Waals surface area contributed by atoms with Crippen LogP contribution < -0.4 is 15.2 Å². The molecular weight excluding hydrogens is 258 g/mol. The van der Waals surface area contributed by atoms with E-state index in [2.05, 4.69) is 21.6 Å². The van der Waals surface area contributed by atoms with Gasteiger partial charge in [-0.25, -0.2) is 0 Å². The maximum Gasteiger partial charge on any atom is 0.213 e. The first kappa shape index (κ1) is 14.3. The van der Waals surface area contributed by atoms with Crippen LogP contribution in [0.15, 0.2) is 29.1 Å². The summed E-state index contributed by atoms with van der Waals surface area (Å²) >= 11 is 0. The van der Waals surface area contributed by atoms with Gasteiger partial charge in [-0.2, -0.15) is 4.98 Å². The van der Waals surface area contributed by atoms with E-state index in [9.17, 15) is 0 Å². The molecule has 0 saturated carbocycles. The number of aromatic nitrogens is 2. The fourth-order valence-corrected chi connectivity index (χ4v) is 1.87. The third-order valence-corrected chi connectivity index (χ3v) is 3.04. The van der Waals surface area contributed by atoms with Crippen molar-refractivity contribution in [2.45, 2.75) is 32.4 Å². The molecule has 2 aromatic rings. The molecule has 0 aliphatic heterocycles. The Kier molecular flexibility index (Phi) is 4.95. The predicted molar refractivity (Wildman–Crippen MR) is 73.6 cm³/mol. The number of nitrogens with zero attached hydrogens (tertiary/aromatic N) is 2. The Balaban J connectivity index is 2.18. The van der Waals surface area contributed by atoms with Crippen LogP contribution in [-0.4, -0.2) is 23.3 Å². The Morgan fingerprint density at radius 3 is 2.90 bits per heavy atom. The standard InChI is InChI=1S/C14H19N3O3/c1-3-11(15)7-10-5-4-6-12(18-2)14(10)19-8-13-16-9-20-17-13/h4-6,9,11H,3,7-8,15H2,1-2H3. The van der Waals surface area contributed by atoms with Crippen LogP contribution in [0.5, 0.6) is 11.5 Å². The van der Waals surface area contributed by atoms with Gasteiger partial charge in [-0.15, -0.1) is 0 Å². The van der Waals surface area contributed by atoms with Crippen LogP contribution in [0.2, 0.25) is 0 Å². The lowest BCUT2D eigenvalue weighted by atomic mass is 10.0. The first-order valence-electron chi connectivity index (χ1n) is 6.54. The van der Waals surface area contributed by atoms with Crippen LogP contribution in [0.1, 0.15) is 24.7 Å². The van der Waals surface area contributed by atoms with Gasteiger partial charge in [-0.1, -0.05) is 24.2 Å². The van der Waals surface area contributed by atoms with Crippen molar-refractivity contribution in [2.24, 2.45) is 5.73 Å². The molecule has 6 nitrogen and oxygen atoms in total. The Hall–Kier alpha value is -2.08. The molecule has 1 atom stereocenters. The maximum absolute atomic E-state index is 6.02. The molecule has 108 valence electrons. The summed E-state index contributed by atoms with van der Waals surface area (Å²) in [6, 6.07) is 5.86. The third-order valence-electron chi connectivity index (χ3n) is 3.04. The van der Waals surface area contributed by atoms with Crippen molar-refractivity contribution in [1.29, 1.82) is 0 Å². The Morgan fingerprint density at radius 2 is 2.25 bits per heavy atom. The van der Waals surface area contributed by atoms with Crippen LogP contribution >= 0.6 is 0 Å². The highest BCUT2D eigenvalue weighted by molar-refractivity contribution is 5.47. The van der Waals surface area contributed by atoms with E-state index in [1.807, 2.05) is 18.2 Å². The van der Waals surface area contributed by atoms with Crippen molar-refractivity contribution in [1.82, 2.24) is 10.1 Å². The number of para-hydroxylation sites is 1. The van der Waals surface area contributed by atoms with E-state index in [4.69, 9.17) is 15.2 Å². The van der Waals surface area contributed by atoms with Crippen molar-refractivity contribution in [3.63, 3.8) is 0 Å². The summed E-state index contributed by atoms with van der Waals surface area (Å²) in [5.41, 5.74) is 7.04. The molecule has 0 radical (unpaired) electrons. The van der Waals surface area contributed by atoms with Crippen LogP contribution in [0.4, 0.5) is 0 Å². The van der Waals surface area contributed by atoms with Gasteiger partial charge < -0.3 is 19.7 Å². The van der Waals surface area contributed by atoms with E-state index < -0.39 is 0 Å². The smallest absolute Gasteiger partial charge is 0.213 e. The van der Waals surface area contributed by atoms with Crippen molar-refractivity contribution in [3.05, 3.63) is 36.0 Å². The zero-order valence-electron chi connectivity index (χ0n) is 11.7. The molecule has 20 heavy (non-hydrogen) atoms. The highest BCUT2D eigenvalue weighted by Gasteiger charge is 2.14. The monoisotopic (exact) mass is 277 g/mol. The zero-order chi connectivity index (χ0) is 14.4. The molecule has 1 aromatic heterocycles. The lowest BCUT2D eigenvalue weighted by Crippen LogP contribution is -2.21. The Bertz CT molecular complexity index is 528. The number of hydrogen-bond acceptors (Lipinski definition) is 6. The van der Waals surface area contributed by atoms with Crippen LogP contribution in [0.25, 0.3) is 0 Å². The molecule has 0 bridgehead atoms. The van der Waals surface area contributed by atoms with E-state index >= 15 is 0 Å². The van der Waals surface area contributed by atoms with Crippen molar-refractivity contribution < 1.29 is 14.0 Å². The second-order valence-electron chi connectivity index (χ2n) is 4.46. The van der Waals surface area contributed by atoms with Gasteiger partial charge in [0.1, 0.15) is 0 Å². The summed E-state index contributed by atoms with van der Waals surface area (Å²) in [6.45, 7) is 2.29. The minimum atomic E-state index is 0.0923. The second-order valence-corrected chi connectivity index (χ2v) is 4.46. The molecule has 2 N–H and O–H groups in total. The van der Waals surface area contributed by atoms with Gasteiger partial charge in [0, 0.05) is 6.04 Å². The number of benzene rings is 1. The van der Waals surface area contributed by atoms with E-state index in [-0.39, 0.29) is 12.6 Å². The first-order chi connectivity index (χ1) is 9.74. The highest BCUT2D eigenvalue weighted by atomic mass is 16.5. The molecular formula is C14H19N3O3. The van der Waals surface area contributed by atoms with Crippen molar-refractivity contribution in [3.8, 4) is 11.5 Å². The largest absolute Gasteiger partial charge is 0.493 e. The summed E-state index contributed by atoms with van der Waals surface area (Å²) in [5.74, 6) is 1.85. The summed E-state index contributed by atoms with van der Waals surface area (Å²) in [6.07, 6.45) is 2.91. The minimum Gasteiger partial charge on any atom is -0.493 e. The average molecular weight is 277 g/mol. The second kappa shape index (κ2) is 6.91. The normalized spacial score (nSPS) is 12.2. The van der Waals surface area contributed by atoms with Crippen molar-refractivity contribution >= 4 is 0 Å². The first-order valence-corrected chi connectivity index (χ1v) is 6.54. The van der Waals surface area contributed by atoms with Gasteiger partial charge in [0.05, 0.1) is 7.11 Å². The lowest BCUT2D eigenvalue weighted by Gasteiger charge is -2.16. The Labute approximate surface area is 117 Å². The van der Waals surface area contributed by atoms with Gasteiger partial charge in [0.2, 0.25) is 12.2 Å². The van der Waals surface area contributed by atoms with Gasteiger partial charge in [-0.3, -0.25) is 0 Å². The fourth-order valence-electron chi connectivity index (χ4n) is 1.87. The molecule has 2 rings (SSSR count). The molecule has 0 saturated heterocycles. The molecule has 1 aromatic carbocycles. The molecule has 0 aliphatic carbocycles. The minimum absolute atomic E-state index is 0.0923. The predicted octanol–water partition coefficient (Wildman–Crippen LogP) is 1.94. The quantitative estimate of drug-likeness (QED) is 0.832. The molecule has 0 amide bonds. The summed E-state index contributed by atoms with van der Waals surface area (Å²) in [5, 5.41) is 3.72. The van der Waals surface area contributed by atoms with E-state index in [0.717, 1.165) is 18.4 Å². The molecule has 6 heteroatoms. The number of hydrogen-bond donors (Lipinski definition) is 1. The van der Waals surface area contributed by atoms with E-state index in [1.165, 1.54) is 6.39 Å². The molecule has 1 heterocycles. The van der Waals surface area contributed by atoms with Gasteiger partial charge in [0.25, 0.3) is 0 Å². The maximum atomic E-state index is 6.02. The average Bonchev–Trinajstić information content (AvgIpc) is 2.98. The zero-order valence-corrected chi connectivity index (χ0v) is 11.7. The molecule has 0 fully saturated rings. The molecule has 0 aliphatic rings. The van der Waals surface area contributed by atoms with E-state index in [0.29, 0.717) is 17.3 Å². The van der Waals surface area contributed by atoms with Gasteiger partial charge in [0.15, 0.2) is 18.1 Å². The van der Waals surface area contributed by atoms with Crippen LogP contribution in [0.3, 0.4) is 0 Å². The number of methoxy groups -OCH3 is 1. The molecule has 0 spiro atoms. The number of nitrogens with two attached hydrogens (primary N) is 1. The van der Waals surface area contributed by atoms with Crippen LogP contribution in [-0.2, 0) is 13.0 Å². The van der Waals surface area contributed by atoms with Gasteiger partial charge >= 0.3 is 0 Å². The summed E-state index contributed by atoms with van der Waals surface area (Å²) in [7, 11) is 1.61. The van der Waals surface area contributed by atoms with Gasteiger partial charge in [-0.05, 0) is 24.5 Å². The number of rotatable bonds is 7. The SMILES string of the molecule is CCC(N)Cc1cccc(OC)c1OCc1ncon1. The Morgan fingerprint density at radius 1 is 1.40 bits per heavy atom. The third kappa shape index (κ3) is 3.48. The molecule has 1 unspecified atom stereocenters.